The number of aryl methyl sites for hydroxylation is 1. The van der Waals surface area contributed by atoms with Gasteiger partial charge >= 0.3 is 5.97 Å². The molecule has 1 aromatic carbocycles. The summed E-state index contributed by atoms with van der Waals surface area (Å²) in [4.78, 5) is 27.8. The van der Waals surface area contributed by atoms with Gasteiger partial charge in [0.15, 0.2) is 0 Å². The van der Waals surface area contributed by atoms with Crippen LogP contribution in [-0.4, -0.2) is 48.2 Å². The Kier molecular flexibility index (Phi) is 12.6. The Bertz CT molecular complexity index is 727. The van der Waals surface area contributed by atoms with Crippen molar-refractivity contribution in [2.45, 2.75) is 80.6 Å². The van der Waals surface area contributed by atoms with Crippen LogP contribution in [-0.2, 0) is 11.2 Å². The van der Waals surface area contributed by atoms with Gasteiger partial charge in [-0.1, -0.05) is 47.1 Å². The molecule has 182 valence electrons. The second-order valence-electron chi connectivity index (χ2n) is 9.54. The highest BCUT2D eigenvalue weighted by molar-refractivity contribution is 6.01. The van der Waals surface area contributed by atoms with Crippen LogP contribution < -0.4 is 0 Å². The van der Waals surface area contributed by atoms with E-state index in [-0.39, 0.29) is 25.0 Å². The molecular formula is C27H45NO4. The average Bonchev–Trinajstić information content (AvgIpc) is 2.74. The van der Waals surface area contributed by atoms with Gasteiger partial charge < -0.3 is 14.7 Å². The quantitative estimate of drug-likeness (QED) is 0.374. The van der Waals surface area contributed by atoms with E-state index in [0.717, 1.165) is 37.7 Å². The van der Waals surface area contributed by atoms with E-state index in [1.165, 1.54) is 0 Å². The number of aliphatic hydroxyl groups is 1. The van der Waals surface area contributed by atoms with Crippen molar-refractivity contribution in [2.75, 3.05) is 26.3 Å². The summed E-state index contributed by atoms with van der Waals surface area (Å²) in [6.45, 7) is 15.8. The maximum absolute atomic E-state index is 13.3. The molecule has 0 aliphatic rings. The first-order valence-corrected chi connectivity index (χ1v) is 12.4. The van der Waals surface area contributed by atoms with Crippen LogP contribution in [0.2, 0.25) is 0 Å². The van der Waals surface area contributed by atoms with Crippen molar-refractivity contribution in [1.29, 1.82) is 0 Å². The molecule has 0 saturated heterocycles. The summed E-state index contributed by atoms with van der Waals surface area (Å²) in [6.07, 6.45) is 4.76. The molecular weight excluding hydrogens is 402 g/mol. The Labute approximate surface area is 195 Å². The highest BCUT2D eigenvalue weighted by Crippen LogP contribution is 2.25. The number of benzene rings is 1. The highest BCUT2D eigenvalue weighted by Gasteiger charge is 2.24. The zero-order valence-electron chi connectivity index (χ0n) is 21.4. The van der Waals surface area contributed by atoms with E-state index < -0.39 is 0 Å². The Morgan fingerprint density at radius 3 is 2.34 bits per heavy atom. The first kappa shape index (κ1) is 28.2. The maximum Gasteiger partial charge on any atom is 0.338 e. The van der Waals surface area contributed by atoms with Crippen LogP contribution in [0.25, 0.3) is 0 Å². The minimum Gasteiger partial charge on any atom is -0.462 e. The number of hydrogen-bond donors (Lipinski definition) is 1. The molecule has 0 bridgehead atoms. The van der Waals surface area contributed by atoms with Crippen LogP contribution in [0.3, 0.4) is 0 Å². The van der Waals surface area contributed by atoms with Crippen molar-refractivity contribution >= 4 is 11.9 Å². The van der Waals surface area contributed by atoms with E-state index in [9.17, 15) is 14.7 Å². The topological polar surface area (TPSA) is 66.8 Å². The molecule has 5 nitrogen and oxygen atoms in total. The van der Waals surface area contributed by atoms with Crippen molar-refractivity contribution in [1.82, 2.24) is 4.90 Å². The number of rotatable bonds is 14. The number of aliphatic hydroxyl groups excluding tert-OH is 1. The molecule has 0 fully saturated rings. The standard InChI is InChI=1S/C27H45NO4/c1-8-10-11-22-12-13-24(21(7)25(22)26(30)28(9-2)15-16-29)27(31)32-17-14-23(20(5)6)18-19(3)4/h12-13,19-20,23,29H,8-11,14-18H2,1-7H3. The zero-order chi connectivity index (χ0) is 24.3. The van der Waals surface area contributed by atoms with Crippen molar-refractivity contribution in [3.05, 3.63) is 34.4 Å². The van der Waals surface area contributed by atoms with Gasteiger partial charge in [0.1, 0.15) is 0 Å². The van der Waals surface area contributed by atoms with Crippen LogP contribution in [0.1, 0.15) is 99.1 Å². The van der Waals surface area contributed by atoms with Crippen LogP contribution in [0.5, 0.6) is 0 Å². The second-order valence-corrected chi connectivity index (χ2v) is 9.54. The van der Waals surface area contributed by atoms with Gasteiger partial charge in [-0.2, -0.15) is 0 Å². The summed E-state index contributed by atoms with van der Waals surface area (Å²) in [5.74, 6) is 1.19. The van der Waals surface area contributed by atoms with E-state index in [4.69, 9.17) is 4.74 Å². The van der Waals surface area contributed by atoms with Crippen molar-refractivity contribution in [2.24, 2.45) is 17.8 Å². The Hall–Kier alpha value is -1.88. The van der Waals surface area contributed by atoms with Crippen LogP contribution in [0.15, 0.2) is 12.1 Å². The first-order chi connectivity index (χ1) is 15.2. The number of carbonyl (C=O) groups excluding carboxylic acids is 2. The van der Waals surface area contributed by atoms with E-state index in [1.807, 2.05) is 19.9 Å². The number of amides is 1. The summed E-state index contributed by atoms with van der Waals surface area (Å²) in [7, 11) is 0. The molecule has 0 aliphatic heterocycles. The fourth-order valence-corrected chi connectivity index (χ4v) is 4.25. The number of nitrogens with zero attached hydrogens (tertiary/aromatic N) is 1. The van der Waals surface area contributed by atoms with Crippen molar-refractivity contribution in [3.63, 3.8) is 0 Å². The van der Waals surface area contributed by atoms with Gasteiger partial charge in [-0.05, 0) is 74.5 Å². The van der Waals surface area contributed by atoms with Crippen LogP contribution in [0.4, 0.5) is 0 Å². The van der Waals surface area contributed by atoms with Gasteiger partial charge in [0.05, 0.1) is 18.8 Å². The molecule has 1 atom stereocenters. The summed E-state index contributed by atoms with van der Waals surface area (Å²) in [5, 5.41) is 9.35. The largest absolute Gasteiger partial charge is 0.462 e. The van der Waals surface area contributed by atoms with Crippen LogP contribution >= 0.6 is 0 Å². The Morgan fingerprint density at radius 1 is 1.12 bits per heavy atom. The summed E-state index contributed by atoms with van der Waals surface area (Å²) in [6, 6.07) is 3.70. The fraction of sp³-hybridized carbons (Fsp3) is 0.704. The third-order valence-corrected chi connectivity index (χ3v) is 6.26. The molecule has 0 aromatic heterocycles. The maximum atomic E-state index is 13.3. The molecule has 1 aromatic rings. The molecule has 0 saturated carbocycles. The van der Waals surface area contributed by atoms with E-state index in [1.54, 1.807) is 11.0 Å². The van der Waals surface area contributed by atoms with Gasteiger partial charge in [0.2, 0.25) is 0 Å². The van der Waals surface area contributed by atoms with Gasteiger partial charge in [0, 0.05) is 18.7 Å². The Morgan fingerprint density at radius 2 is 1.81 bits per heavy atom. The third kappa shape index (κ3) is 8.23. The lowest BCUT2D eigenvalue weighted by Gasteiger charge is -2.24. The van der Waals surface area contributed by atoms with Gasteiger partial charge in [-0.3, -0.25) is 4.79 Å². The molecule has 0 radical (unpaired) electrons. The molecule has 0 heterocycles. The molecule has 1 rings (SSSR count). The van der Waals surface area contributed by atoms with Crippen molar-refractivity contribution in [3.8, 4) is 0 Å². The van der Waals surface area contributed by atoms with Crippen LogP contribution in [0, 0.1) is 24.7 Å². The number of ether oxygens (including phenoxy) is 1. The van der Waals surface area contributed by atoms with Gasteiger partial charge in [0.25, 0.3) is 5.91 Å². The summed E-state index contributed by atoms with van der Waals surface area (Å²) >= 11 is 0. The molecule has 0 aliphatic carbocycles. The minimum atomic E-state index is -0.365. The lowest BCUT2D eigenvalue weighted by Crippen LogP contribution is -2.34. The normalized spacial score (nSPS) is 12.3. The number of unbranched alkanes of at least 4 members (excludes halogenated alkanes) is 1. The molecule has 1 amide bonds. The highest BCUT2D eigenvalue weighted by atomic mass is 16.5. The third-order valence-electron chi connectivity index (χ3n) is 6.26. The lowest BCUT2D eigenvalue weighted by molar-refractivity contribution is 0.0466. The zero-order valence-corrected chi connectivity index (χ0v) is 21.4. The van der Waals surface area contributed by atoms with Gasteiger partial charge in [-0.15, -0.1) is 0 Å². The summed E-state index contributed by atoms with van der Waals surface area (Å²) in [5.41, 5.74) is 2.67. The predicted octanol–water partition coefficient (Wildman–Crippen LogP) is 5.66. The minimum absolute atomic E-state index is 0.0853. The van der Waals surface area contributed by atoms with E-state index >= 15 is 0 Å². The molecule has 5 heteroatoms. The monoisotopic (exact) mass is 447 g/mol. The summed E-state index contributed by atoms with van der Waals surface area (Å²) < 4.78 is 5.66. The number of hydrogen-bond acceptors (Lipinski definition) is 4. The average molecular weight is 448 g/mol. The number of esters is 1. The molecule has 1 unspecified atom stereocenters. The Balaban J connectivity index is 3.09. The van der Waals surface area contributed by atoms with Crippen molar-refractivity contribution < 1.29 is 19.4 Å². The SMILES string of the molecule is CCCCc1ccc(C(=O)OCCC(CC(C)C)C(C)C)c(C)c1C(=O)N(CC)CCO. The second kappa shape index (κ2) is 14.3. The predicted molar refractivity (Wildman–Crippen MR) is 131 cm³/mol. The number of likely N-dealkylation sites (N-methyl/N-ethyl adjacent to an activating group) is 1. The van der Waals surface area contributed by atoms with E-state index in [2.05, 4.69) is 34.6 Å². The number of carbonyl (C=O) groups is 2. The molecule has 32 heavy (non-hydrogen) atoms. The van der Waals surface area contributed by atoms with E-state index in [0.29, 0.717) is 47.6 Å². The fourth-order valence-electron chi connectivity index (χ4n) is 4.25. The van der Waals surface area contributed by atoms with Gasteiger partial charge in [-0.25, -0.2) is 4.79 Å². The lowest BCUT2D eigenvalue weighted by atomic mass is 9.85. The smallest absolute Gasteiger partial charge is 0.338 e. The molecule has 1 N–H and O–H groups in total. The first-order valence-electron chi connectivity index (χ1n) is 12.4. The molecule has 0 spiro atoms.